The van der Waals surface area contributed by atoms with Crippen LogP contribution in [-0.2, 0) is 21.2 Å². The molecule has 0 bridgehead atoms. The standard InChI is InChI=1S/C19H22N2O5S/c1-12-9-14-10-16(6-7-18(14)21(12)13(2)22)27(23,24)20-17-11-15(25-3)5-8-19(17)26-4/h5-8,10-12,20H,9H2,1-4H3. The summed E-state index contributed by atoms with van der Waals surface area (Å²) in [5.74, 6) is 0.835. The minimum atomic E-state index is -3.84. The number of ether oxygens (including phenoxy) is 2. The maximum absolute atomic E-state index is 12.9. The van der Waals surface area contributed by atoms with Crippen LogP contribution in [-0.4, -0.2) is 34.6 Å². The Morgan fingerprint density at radius 3 is 2.52 bits per heavy atom. The summed E-state index contributed by atoms with van der Waals surface area (Å²) < 4.78 is 38.7. The Kier molecular flexibility index (Phi) is 5.01. The molecule has 1 amide bonds. The van der Waals surface area contributed by atoms with Gasteiger partial charge in [0.05, 0.1) is 24.8 Å². The summed E-state index contributed by atoms with van der Waals surface area (Å²) in [6.07, 6.45) is 0.612. The van der Waals surface area contributed by atoms with Gasteiger partial charge in [0.1, 0.15) is 11.5 Å². The van der Waals surface area contributed by atoms with Gasteiger partial charge in [-0.05, 0) is 49.2 Å². The molecule has 0 spiro atoms. The van der Waals surface area contributed by atoms with Crippen LogP contribution in [0.15, 0.2) is 41.3 Å². The summed E-state index contributed by atoms with van der Waals surface area (Å²) in [6.45, 7) is 3.45. The second-order valence-electron chi connectivity index (χ2n) is 6.40. The highest BCUT2D eigenvalue weighted by molar-refractivity contribution is 7.92. The van der Waals surface area contributed by atoms with Crippen LogP contribution in [0.1, 0.15) is 19.4 Å². The predicted molar refractivity (Wildman–Crippen MR) is 103 cm³/mol. The highest BCUT2D eigenvalue weighted by Crippen LogP contribution is 2.35. The normalized spacial score (nSPS) is 16.0. The van der Waals surface area contributed by atoms with Crippen LogP contribution in [0.4, 0.5) is 11.4 Å². The topological polar surface area (TPSA) is 84.9 Å². The number of hydrogen-bond donors (Lipinski definition) is 1. The van der Waals surface area contributed by atoms with Crippen LogP contribution in [0.25, 0.3) is 0 Å². The van der Waals surface area contributed by atoms with Gasteiger partial charge in [0.25, 0.3) is 10.0 Å². The predicted octanol–water partition coefficient (Wildman–Crippen LogP) is 2.80. The molecular weight excluding hydrogens is 368 g/mol. The summed E-state index contributed by atoms with van der Waals surface area (Å²) in [5, 5.41) is 0. The third kappa shape index (κ3) is 3.57. The lowest BCUT2D eigenvalue weighted by Gasteiger charge is -2.20. The Morgan fingerprint density at radius 2 is 1.89 bits per heavy atom. The first-order valence-electron chi connectivity index (χ1n) is 8.44. The molecule has 8 heteroatoms. The van der Waals surface area contributed by atoms with E-state index < -0.39 is 10.0 Å². The third-order valence-corrected chi connectivity index (χ3v) is 5.93. The van der Waals surface area contributed by atoms with Gasteiger partial charge in [-0.3, -0.25) is 9.52 Å². The Hall–Kier alpha value is -2.74. The number of amides is 1. The summed E-state index contributed by atoms with van der Waals surface area (Å²) in [5.41, 5.74) is 1.88. The number of nitrogens with zero attached hydrogens (tertiary/aromatic N) is 1. The van der Waals surface area contributed by atoms with Gasteiger partial charge in [-0.25, -0.2) is 8.42 Å². The molecule has 0 saturated heterocycles. The van der Waals surface area contributed by atoms with E-state index >= 15 is 0 Å². The molecule has 0 fully saturated rings. The van der Waals surface area contributed by atoms with Crippen LogP contribution in [0.3, 0.4) is 0 Å². The molecule has 1 heterocycles. The average Bonchev–Trinajstić information content (AvgIpc) is 2.96. The van der Waals surface area contributed by atoms with Crippen molar-refractivity contribution in [1.82, 2.24) is 0 Å². The van der Waals surface area contributed by atoms with Crippen molar-refractivity contribution in [3.8, 4) is 11.5 Å². The fourth-order valence-corrected chi connectivity index (χ4v) is 4.46. The van der Waals surface area contributed by atoms with E-state index in [0.717, 1.165) is 11.3 Å². The smallest absolute Gasteiger partial charge is 0.262 e. The van der Waals surface area contributed by atoms with Gasteiger partial charge >= 0.3 is 0 Å². The third-order valence-electron chi connectivity index (χ3n) is 4.57. The lowest BCUT2D eigenvalue weighted by molar-refractivity contribution is -0.116. The molecule has 0 radical (unpaired) electrons. The molecule has 27 heavy (non-hydrogen) atoms. The number of benzene rings is 2. The molecule has 0 saturated carbocycles. The number of nitrogens with one attached hydrogen (secondary N) is 1. The van der Waals surface area contributed by atoms with E-state index in [9.17, 15) is 13.2 Å². The highest BCUT2D eigenvalue weighted by atomic mass is 32.2. The number of carbonyl (C=O) groups excluding carboxylic acids is 1. The molecule has 1 aliphatic heterocycles. The van der Waals surface area contributed by atoms with Crippen molar-refractivity contribution < 1.29 is 22.7 Å². The van der Waals surface area contributed by atoms with Crippen molar-refractivity contribution in [3.05, 3.63) is 42.0 Å². The molecule has 1 N–H and O–H groups in total. The minimum Gasteiger partial charge on any atom is -0.497 e. The molecule has 2 aromatic rings. The van der Waals surface area contributed by atoms with E-state index in [1.807, 2.05) is 6.92 Å². The molecule has 2 aromatic carbocycles. The van der Waals surface area contributed by atoms with E-state index in [-0.39, 0.29) is 22.5 Å². The highest BCUT2D eigenvalue weighted by Gasteiger charge is 2.30. The van der Waals surface area contributed by atoms with Crippen molar-refractivity contribution in [1.29, 1.82) is 0 Å². The number of methoxy groups -OCH3 is 2. The van der Waals surface area contributed by atoms with Gasteiger partial charge in [-0.1, -0.05) is 0 Å². The van der Waals surface area contributed by atoms with E-state index in [1.165, 1.54) is 27.2 Å². The monoisotopic (exact) mass is 390 g/mol. The first kappa shape index (κ1) is 19.0. The van der Waals surface area contributed by atoms with Crippen LogP contribution in [0, 0.1) is 0 Å². The van der Waals surface area contributed by atoms with Gasteiger partial charge < -0.3 is 14.4 Å². The van der Waals surface area contributed by atoms with Gasteiger partial charge in [0, 0.05) is 24.7 Å². The van der Waals surface area contributed by atoms with Crippen LogP contribution >= 0.6 is 0 Å². The van der Waals surface area contributed by atoms with Crippen LogP contribution < -0.4 is 19.1 Å². The van der Waals surface area contributed by atoms with Crippen molar-refractivity contribution >= 4 is 27.3 Å². The van der Waals surface area contributed by atoms with Crippen molar-refractivity contribution in [2.24, 2.45) is 0 Å². The Bertz CT molecular complexity index is 988. The lowest BCUT2D eigenvalue weighted by atomic mass is 10.1. The molecule has 0 aromatic heterocycles. The number of carbonyl (C=O) groups is 1. The van der Waals surface area contributed by atoms with Gasteiger partial charge in [-0.15, -0.1) is 0 Å². The number of anilines is 2. The summed E-state index contributed by atoms with van der Waals surface area (Å²) in [6, 6.07) is 9.67. The molecule has 144 valence electrons. The van der Waals surface area contributed by atoms with Crippen molar-refractivity contribution in [2.45, 2.75) is 31.2 Å². The Morgan fingerprint density at radius 1 is 1.15 bits per heavy atom. The van der Waals surface area contributed by atoms with Crippen LogP contribution in [0.2, 0.25) is 0 Å². The lowest BCUT2D eigenvalue weighted by Crippen LogP contribution is -2.33. The molecule has 1 unspecified atom stereocenters. The molecule has 3 rings (SSSR count). The van der Waals surface area contributed by atoms with E-state index in [1.54, 1.807) is 35.2 Å². The van der Waals surface area contributed by atoms with Gasteiger partial charge in [-0.2, -0.15) is 0 Å². The zero-order valence-electron chi connectivity index (χ0n) is 15.6. The number of sulfonamides is 1. The quantitative estimate of drug-likeness (QED) is 0.849. The SMILES string of the molecule is COc1ccc(OC)c(NS(=O)(=O)c2ccc3c(c2)CC(C)N3C(C)=O)c1. The first-order chi connectivity index (χ1) is 12.8. The van der Waals surface area contributed by atoms with E-state index in [2.05, 4.69) is 4.72 Å². The molecule has 1 aliphatic rings. The molecule has 1 atom stereocenters. The summed E-state index contributed by atoms with van der Waals surface area (Å²) >= 11 is 0. The number of fused-ring (bicyclic) bond motifs is 1. The first-order valence-corrected chi connectivity index (χ1v) is 9.92. The second kappa shape index (κ2) is 7.11. The van der Waals surface area contributed by atoms with E-state index in [4.69, 9.17) is 9.47 Å². The second-order valence-corrected chi connectivity index (χ2v) is 8.09. The van der Waals surface area contributed by atoms with Crippen LogP contribution in [0.5, 0.6) is 11.5 Å². The van der Waals surface area contributed by atoms with Crippen molar-refractivity contribution in [3.63, 3.8) is 0 Å². The zero-order chi connectivity index (χ0) is 19.8. The number of rotatable bonds is 5. The average molecular weight is 390 g/mol. The summed E-state index contributed by atoms with van der Waals surface area (Å²) in [7, 11) is -0.869. The van der Waals surface area contributed by atoms with Gasteiger partial charge in [0.2, 0.25) is 5.91 Å². The van der Waals surface area contributed by atoms with Crippen molar-refractivity contribution in [2.75, 3.05) is 23.8 Å². The Balaban J connectivity index is 1.96. The fourth-order valence-electron chi connectivity index (χ4n) is 3.35. The summed E-state index contributed by atoms with van der Waals surface area (Å²) in [4.78, 5) is 13.7. The number of hydrogen-bond acceptors (Lipinski definition) is 5. The van der Waals surface area contributed by atoms with Gasteiger partial charge in [0.15, 0.2) is 0 Å². The molecular formula is C19H22N2O5S. The fraction of sp³-hybridized carbons (Fsp3) is 0.316. The largest absolute Gasteiger partial charge is 0.497 e. The molecule has 0 aliphatic carbocycles. The van der Waals surface area contributed by atoms with E-state index in [0.29, 0.717) is 17.9 Å². The zero-order valence-corrected chi connectivity index (χ0v) is 16.5. The molecule has 7 nitrogen and oxygen atoms in total. The Labute approximate surface area is 158 Å². The minimum absolute atomic E-state index is 0.00175. The maximum Gasteiger partial charge on any atom is 0.262 e. The maximum atomic E-state index is 12.9.